The number of anilines is 1. The summed E-state index contributed by atoms with van der Waals surface area (Å²) in [7, 11) is 0. The maximum absolute atomic E-state index is 12.1. The first kappa shape index (κ1) is 20.0. The summed E-state index contributed by atoms with van der Waals surface area (Å²) < 4.78 is 0. The van der Waals surface area contributed by atoms with Crippen molar-refractivity contribution in [3.8, 4) is 0 Å². The van der Waals surface area contributed by atoms with Crippen molar-refractivity contribution in [2.75, 3.05) is 23.7 Å². The highest BCUT2D eigenvalue weighted by atomic mass is 35.5. The van der Waals surface area contributed by atoms with Crippen LogP contribution in [-0.4, -0.2) is 34.7 Å². The van der Waals surface area contributed by atoms with E-state index in [4.69, 9.17) is 11.6 Å². The van der Waals surface area contributed by atoms with Gasteiger partial charge in [0.1, 0.15) is 17.2 Å². The summed E-state index contributed by atoms with van der Waals surface area (Å²) >= 11 is 7.31. The molecule has 27 heavy (non-hydrogen) atoms. The van der Waals surface area contributed by atoms with E-state index in [2.05, 4.69) is 34.0 Å². The number of hydrogen-bond acceptors (Lipinski definition) is 5. The van der Waals surface area contributed by atoms with E-state index >= 15 is 0 Å². The number of carbonyl (C=O) groups excluding carboxylic acids is 1. The van der Waals surface area contributed by atoms with E-state index in [-0.39, 0.29) is 5.91 Å². The average Bonchev–Trinajstić information content (AvgIpc) is 2.65. The minimum Gasteiger partial charge on any atom is -0.356 e. The number of thioether (sulfide) groups is 1. The quantitative estimate of drug-likeness (QED) is 0.582. The molecule has 1 aromatic heterocycles. The molecule has 0 saturated carbocycles. The third-order valence-electron chi connectivity index (χ3n) is 4.57. The fraction of sp³-hybridized carbons (Fsp3) is 0.450. The van der Waals surface area contributed by atoms with E-state index in [1.807, 2.05) is 30.3 Å². The summed E-state index contributed by atoms with van der Waals surface area (Å²) in [5, 5.41) is 4.44. The standard InChI is InChI=1S/C20H25ClN4OS/c1-14-7-15(2)11-25(10-14)18-8-20(24-13-23-18)27-12-19(26)22-9-16-3-5-17(21)6-4-16/h3-6,8,13-15H,7,9-12H2,1-2H3,(H,22,26)/t14-,15-/m0/s1. The number of amides is 1. The van der Waals surface area contributed by atoms with Crippen LogP contribution >= 0.6 is 23.4 Å². The number of carbonyl (C=O) groups is 1. The molecule has 1 aliphatic heterocycles. The van der Waals surface area contributed by atoms with Gasteiger partial charge < -0.3 is 10.2 Å². The zero-order valence-electron chi connectivity index (χ0n) is 15.7. The third-order valence-corrected chi connectivity index (χ3v) is 5.75. The SMILES string of the molecule is C[C@H]1C[C@H](C)CN(c2cc(SCC(=O)NCc3ccc(Cl)cc3)ncn2)C1. The van der Waals surface area contributed by atoms with Crippen LogP contribution in [0.1, 0.15) is 25.8 Å². The van der Waals surface area contributed by atoms with E-state index in [1.54, 1.807) is 6.33 Å². The summed E-state index contributed by atoms with van der Waals surface area (Å²) in [6, 6.07) is 9.45. The maximum Gasteiger partial charge on any atom is 0.230 e. The van der Waals surface area contributed by atoms with Gasteiger partial charge in [-0.25, -0.2) is 9.97 Å². The minimum absolute atomic E-state index is 0.0182. The first-order valence-corrected chi connectivity index (χ1v) is 10.6. The van der Waals surface area contributed by atoms with Gasteiger partial charge in [0.2, 0.25) is 5.91 Å². The normalized spacial score (nSPS) is 19.7. The molecule has 2 heterocycles. The van der Waals surface area contributed by atoms with Gasteiger partial charge >= 0.3 is 0 Å². The van der Waals surface area contributed by atoms with Crippen LogP contribution in [0.4, 0.5) is 5.82 Å². The van der Waals surface area contributed by atoms with Crippen molar-refractivity contribution in [1.29, 1.82) is 0 Å². The molecule has 1 aromatic carbocycles. The topological polar surface area (TPSA) is 58.1 Å². The molecule has 1 saturated heterocycles. The van der Waals surface area contributed by atoms with E-state index < -0.39 is 0 Å². The predicted octanol–water partition coefficient (Wildman–Crippen LogP) is 4.02. The van der Waals surface area contributed by atoms with Crippen LogP contribution in [0, 0.1) is 11.8 Å². The molecule has 1 fully saturated rings. The molecule has 7 heteroatoms. The molecule has 1 N–H and O–H groups in total. The lowest BCUT2D eigenvalue weighted by molar-refractivity contribution is -0.118. The average molecular weight is 405 g/mol. The number of rotatable bonds is 6. The third kappa shape index (κ3) is 6.11. The van der Waals surface area contributed by atoms with Gasteiger partial charge in [-0.2, -0.15) is 0 Å². The van der Waals surface area contributed by atoms with Gasteiger partial charge in [-0.1, -0.05) is 49.3 Å². The second-order valence-electron chi connectivity index (χ2n) is 7.26. The Balaban J connectivity index is 1.50. The van der Waals surface area contributed by atoms with Crippen LogP contribution in [0.3, 0.4) is 0 Å². The first-order chi connectivity index (χ1) is 13.0. The van der Waals surface area contributed by atoms with Gasteiger partial charge in [0, 0.05) is 30.7 Å². The highest BCUT2D eigenvalue weighted by molar-refractivity contribution is 7.99. The zero-order valence-corrected chi connectivity index (χ0v) is 17.3. The Morgan fingerprint density at radius 3 is 2.63 bits per heavy atom. The number of nitrogens with one attached hydrogen (secondary N) is 1. The summed E-state index contributed by atoms with van der Waals surface area (Å²) in [6.07, 6.45) is 2.85. The van der Waals surface area contributed by atoms with Crippen molar-refractivity contribution in [3.05, 3.63) is 47.2 Å². The highest BCUT2D eigenvalue weighted by Gasteiger charge is 2.23. The van der Waals surface area contributed by atoms with Crippen molar-refractivity contribution < 1.29 is 4.79 Å². The summed E-state index contributed by atoms with van der Waals surface area (Å²) in [5.41, 5.74) is 1.02. The van der Waals surface area contributed by atoms with Gasteiger partial charge in [0.25, 0.3) is 0 Å². The second kappa shape index (κ2) is 9.42. The van der Waals surface area contributed by atoms with Crippen molar-refractivity contribution in [3.63, 3.8) is 0 Å². The molecule has 2 aromatic rings. The molecule has 0 aliphatic carbocycles. The Labute approximate surface area is 169 Å². The molecule has 0 unspecified atom stereocenters. The maximum atomic E-state index is 12.1. The molecule has 0 spiro atoms. The molecule has 0 radical (unpaired) electrons. The molecule has 144 valence electrons. The van der Waals surface area contributed by atoms with Crippen LogP contribution in [0.15, 0.2) is 41.7 Å². The molecule has 0 bridgehead atoms. The Kier molecular flexibility index (Phi) is 6.96. The number of benzene rings is 1. The fourth-order valence-electron chi connectivity index (χ4n) is 3.43. The van der Waals surface area contributed by atoms with Crippen LogP contribution < -0.4 is 10.2 Å². The van der Waals surface area contributed by atoms with Crippen LogP contribution in [-0.2, 0) is 11.3 Å². The lowest BCUT2D eigenvalue weighted by Crippen LogP contribution is -2.39. The van der Waals surface area contributed by atoms with Crippen LogP contribution in [0.25, 0.3) is 0 Å². The molecular weight excluding hydrogens is 380 g/mol. The molecule has 3 rings (SSSR count). The van der Waals surface area contributed by atoms with Crippen LogP contribution in [0.2, 0.25) is 5.02 Å². The van der Waals surface area contributed by atoms with Crippen molar-refractivity contribution >= 4 is 35.1 Å². The zero-order chi connectivity index (χ0) is 19.2. The molecule has 2 atom stereocenters. The monoisotopic (exact) mass is 404 g/mol. The smallest absolute Gasteiger partial charge is 0.230 e. The fourth-order valence-corrected chi connectivity index (χ4v) is 4.24. The van der Waals surface area contributed by atoms with E-state index in [0.29, 0.717) is 29.2 Å². The van der Waals surface area contributed by atoms with Crippen LogP contribution in [0.5, 0.6) is 0 Å². The van der Waals surface area contributed by atoms with Gasteiger partial charge in [-0.05, 0) is 36.0 Å². The summed E-state index contributed by atoms with van der Waals surface area (Å²) in [6.45, 7) is 7.10. The van der Waals surface area contributed by atoms with Gasteiger partial charge in [0.05, 0.1) is 5.75 Å². The lowest BCUT2D eigenvalue weighted by atomic mass is 9.92. The van der Waals surface area contributed by atoms with Gasteiger partial charge in [0.15, 0.2) is 0 Å². The van der Waals surface area contributed by atoms with Gasteiger partial charge in [-0.15, -0.1) is 0 Å². The highest BCUT2D eigenvalue weighted by Crippen LogP contribution is 2.26. The Bertz CT molecular complexity index is 761. The largest absolute Gasteiger partial charge is 0.356 e. The van der Waals surface area contributed by atoms with Crippen molar-refractivity contribution in [2.24, 2.45) is 11.8 Å². The molecule has 1 aliphatic rings. The number of halogens is 1. The Hall–Kier alpha value is -1.79. The number of nitrogens with zero attached hydrogens (tertiary/aromatic N) is 3. The summed E-state index contributed by atoms with van der Waals surface area (Å²) in [4.78, 5) is 23.2. The summed E-state index contributed by atoms with van der Waals surface area (Å²) in [5.74, 6) is 2.59. The Morgan fingerprint density at radius 1 is 1.22 bits per heavy atom. The van der Waals surface area contributed by atoms with E-state index in [0.717, 1.165) is 29.5 Å². The van der Waals surface area contributed by atoms with E-state index in [1.165, 1.54) is 18.2 Å². The molecule has 1 amide bonds. The number of hydrogen-bond donors (Lipinski definition) is 1. The number of aromatic nitrogens is 2. The van der Waals surface area contributed by atoms with Crippen molar-refractivity contribution in [1.82, 2.24) is 15.3 Å². The minimum atomic E-state index is -0.0182. The second-order valence-corrected chi connectivity index (χ2v) is 8.69. The van der Waals surface area contributed by atoms with E-state index in [9.17, 15) is 4.79 Å². The molecular formula is C20H25ClN4OS. The van der Waals surface area contributed by atoms with Crippen molar-refractivity contribution in [2.45, 2.75) is 31.8 Å². The molecule has 5 nitrogen and oxygen atoms in total. The van der Waals surface area contributed by atoms with Gasteiger partial charge in [-0.3, -0.25) is 4.79 Å². The predicted molar refractivity (Wildman–Crippen MR) is 111 cm³/mol. The first-order valence-electron chi connectivity index (χ1n) is 9.20. The Morgan fingerprint density at radius 2 is 1.93 bits per heavy atom. The lowest BCUT2D eigenvalue weighted by Gasteiger charge is -2.35. The number of piperidine rings is 1.